The predicted molar refractivity (Wildman–Crippen MR) is 70.4 cm³/mol. The molecule has 0 radical (unpaired) electrons. The summed E-state index contributed by atoms with van der Waals surface area (Å²) >= 11 is 18.3. The van der Waals surface area contributed by atoms with Crippen LogP contribution < -0.4 is 0 Å². The minimum atomic E-state index is -1.11. The first-order valence-corrected chi connectivity index (χ1v) is 6.55. The number of rotatable bonds is 3. The molecule has 1 aliphatic rings. The summed E-state index contributed by atoms with van der Waals surface area (Å²) in [6.07, 6.45) is -0.523. The maximum Gasteiger partial charge on any atom is 0.269 e. The third-order valence-corrected chi connectivity index (χ3v) is 4.34. The lowest BCUT2D eigenvalue weighted by Crippen LogP contribution is -2.27. The molecule has 0 amide bonds. The van der Waals surface area contributed by atoms with Gasteiger partial charge in [0.25, 0.3) is 5.69 Å². The van der Waals surface area contributed by atoms with Crippen LogP contribution >= 0.6 is 34.8 Å². The van der Waals surface area contributed by atoms with E-state index in [9.17, 15) is 10.1 Å². The Morgan fingerprint density at radius 2 is 2.00 bits per heavy atom. The molecular weight excluding hydrogens is 300 g/mol. The maximum atomic E-state index is 10.6. The summed E-state index contributed by atoms with van der Waals surface area (Å²) in [6.45, 7) is 0.373. The molecule has 2 atom stereocenters. The fraction of sp³-hybridized carbons (Fsp3) is 0.455. The number of nitrogens with zero attached hydrogens (tertiary/aromatic N) is 1. The van der Waals surface area contributed by atoms with E-state index in [1.54, 1.807) is 12.1 Å². The molecule has 7 heteroatoms. The smallest absolute Gasteiger partial charge is 0.269 e. The van der Waals surface area contributed by atoms with Crippen molar-refractivity contribution in [2.75, 3.05) is 12.5 Å². The molecule has 0 aromatic heterocycles. The van der Waals surface area contributed by atoms with Gasteiger partial charge in [-0.3, -0.25) is 10.1 Å². The van der Waals surface area contributed by atoms with Crippen LogP contribution in [-0.4, -0.2) is 21.7 Å². The van der Waals surface area contributed by atoms with Gasteiger partial charge in [-0.25, -0.2) is 0 Å². The summed E-state index contributed by atoms with van der Waals surface area (Å²) in [7, 11) is 0. The van der Waals surface area contributed by atoms with Crippen LogP contribution in [0.15, 0.2) is 24.3 Å². The number of nitro benzene ring substituents is 1. The Hall–Kier alpha value is -0.550. The maximum absolute atomic E-state index is 10.6. The second-order valence-corrected chi connectivity index (χ2v) is 5.84. The highest BCUT2D eigenvalue weighted by Gasteiger charge is 2.49. The Morgan fingerprint density at radius 3 is 2.44 bits per heavy atom. The highest BCUT2D eigenvalue weighted by molar-refractivity contribution is 6.49. The molecule has 1 saturated heterocycles. The van der Waals surface area contributed by atoms with Gasteiger partial charge in [-0.15, -0.1) is 11.6 Å². The Morgan fingerprint density at radius 1 is 1.39 bits per heavy atom. The highest BCUT2D eigenvalue weighted by Crippen LogP contribution is 2.50. The van der Waals surface area contributed by atoms with Crippen molar-refractivity contribution < 1.29 is 9.66 Å². The van der Waals surface area contributed by atoms with Crippen LogP contribution in [0.3, 0.4) is 0 Å². The van der Waals surface area contributed by atoms with Crippen molar-refractivity contribution in [1.82, 2.24) is 0 Å². The monoisotopic (exact) mass is 309 g/mol. The van der Waals surface area contributed by atoms with Crippen LogP contribution in [0, 0.1) is 16.0 Å². The standard InChI is InChI=1S/C11H10Cl3NO3/c12-5-8-6-18-10(11(8,13)14)7-1-3-9(4-2-7)15(16)17/h1-4,8,10H,5-6H2/t8-,10?/m1/s1. The van der Waals surface area contributed by atoms with Crippen LogP contribution in [-0.2, 0) is 4.74 Å². The summed E-state index contributed by atoms with van der Waals surface area (Å²) in [5.74, 6) is 0.138. The molecule has 0 aliphatic carbocycles. The molecule has 0 N–H and O–H groups in total. The molecule has 1 aromatic rings. The van der Waals surface area contributed by atoms with E-state index in [1.807, 2.05) is 0 Å². The van der Waals surface area contributed by atoms with E-state index >= 15 is 0 Å². The topological polar surface area (TPSA) is 52.4 Å². The van der Waals surface area contributed by atoms with Gasteiger partial charge in [0.15, 0.2) is 4.33 Å². The number of ether oxygens (including phenoxy) is 1. The lowest BCUT2D eigenvalue weighted by atomic mass is 10.0. The molecule has 0 spiro atoms. The molecule has 1 unspecified atom stereocenters. The van der Waals surface area contributed by atoms with Gasteiger partial charge in [0.1, 0.15) is 6.10 Å². The first-order chi connectivity index (χ1) is 8.46. The summed E-state index contributed by atoms with van der Waals surface area (Å²) in [5.41, 5.74) is 0.721. The van der Waals surface area contributed by atoms with Crippen LogP contribution in [0.25, 0.3) is 0 Å². The number of hydrogen-bond acceptors (Lipinski definition) is 3. The lowest BCUT2D eigenvalue weighted by molar-refractivity contribution is -0.384. The van der Waals surface area contributed by atoms with Crippen molar-refractivity contribution in [2.24, 2.45) is 5.92 Å². The number of halogens is 3. The molecule has 1 fully saturated rings. The number of benzene rings is 1. The van der Waals surface area contributed by atoms with Gasteiger partial charge >= 0.3 is 0 Å². The second-order valence-electron chi connectivity index (χ2n) is 4.09. The minimum Gasteiger partial charge on any atom is -0.370 e. The molecule has 2 rings (SSSR count). The quantitative estimate of drug-likeness (QED) is 0.486. The zero-order valence-electron chi connectivity index (χ0n) is 9.18. The van der Waals surface area contributed by atoms with Gasteiger partial charge in [0.05, 0.1) is 11.5 Å². The largest absolute Gasteiger partial charge is 0.370 e. The minimum absolute atomic E-state index is 0.0142. The van der Waals surface area contributed by atoms with Crippen LogP contribution in [0.1, 0.15) is 11.7 Å². The fourth-order valence-electron chi connectivity index (χ4n) is 1.89. The number of alkyl halides is 3. The normalized spacial score (nSPS) is 26.2. The molecular formula is C11H10Cl3NO3. The Balaban J connectivity index is 2.25. The van der Waals surface area contributed by atoms with Gasteiger partial charge in [0.2, 0.25) is 0 Å². The van der Waals surface area contributed by atoms with Crippen LogP contribution in [0.4, 0.5) is 5.69 Å². The van der Waals surface area contributed by atoms with Crippen LogP contribution in [0.2, 0.25) is 0 Å². The molecule has 4 nitrogen and oxygen atoms in total. The number of nitro groups is 1. The van der Waals surface area contributed by atoms with Gasteiger partial charge in [-0.1, -0.05) is 23.2 Å². The summed E-state index contributed by atoms with van der Waals surface area (Å²) in [6, 6.07) is 5.99. The zero-order valence-corrected chi connectivity index (χ0v) is 11.5. The average Bonchev–Trinajstić information content (AvgIpc) is 2.64. The van der Waals surface area contributed by atoms with Gasteiger partial charge in [-0.2, -0.15) is 0 Å². The van der Waals surface area contributed by atoms with Crippen molar-refractivity contribution in [3.8, 4) is 0 Å². The fourth-order valence-corrected chi connectivity index (χ4v) is 3.03. The van der Waals surface area contributed by atoms with E-state index in [2.05, 4.69) is 0 Å². The first-order valence-electron chi connectivity index (χ1n) is 5.26. The van der Waals surface area contributed by atoms with Crippen molar-refractivity contribution >= 4 is 40.5 Å². The Bertz CT molecular complexity index is 449. The second kappa shape index (κ2) is 5.21. The summed E-state index contributed by atoms with van der Waals surface area (Å²) in [4.78, 5) is 10.1. The zero-order chi connectivity index (χ0) is 13.3. The summed E-state index contributed by atoms with van der Waals surface area (Å²) < 4.78 is 4.43. The van der Waals surface area contributed by atoms with E-state index in [-0.39, 0.29) is 11.6 Å². The Kier molecular flexibility index (Phi) is 4.02. The van der Waals surface area contributed by atoms with Gasteiger partial charge in [-0.05, 0) is 17.7 Å². The third-order valence-electron chi connectivity index (χ3n) is 2.95. The predicted octanol–water partition coefficient (Wildman–Crippen LogP) is 3.70. The molecule has 18 heavy (non-hydrogen) atoms. The van der Waals surface area contributed by atoms with Crippen molar-refractivity contribution in [3.63, 3.8) is 0 Å². The van der Waals surface area contributed by atoms with E-state index < -0.39 is 15.4 Å². The van der Waals surface area contributed by atoms with E-state index in [0.717, 1.165) is 0 Å². The van der Waals surface area contributed by atoms with Crippen molar-refractivity contribution in [2.45, 2.75) is 10.4 Å². The van der Waals surface area contributed by atoms with Crippen LogP contribution in [0.5, 0.6) is 0 Å². The first kappa shape index (κ1) is 13.9. The Labute approximate surface area is 119 Å². The van der Waals surface area contributed by atoms with Gasteiger partial charge < -0.3 is 4.74 Å². The van der Waals surface area contributed by atoms with E-state index in [0.29, 0.717) is 18.1 Å². The average molecular weight is 311 g/mol. The molecule has 1 aliphatic heterocycles. The molecule has 1 heterocycles. The SMILES string of the molecule is O=[N+]([O-])c1ccc(C2OC[C@@H](CCl)C2(Cl)Cl)cc1. The van der Waals surface area contributed by atoms with E-state index in [4.69, 9.17) is 39.5 Å². The lowest BCUT2D eigenvalue weighted by Gasteiger charge is -2.24. The third kappa shape index (κ3) is 2.43. The molecule has 1 aromatic carbocycles. The summed E-state index contributed by atoms with van der Waals surface area (Å²) in [5, 5.41) is 10.6. The molecule has 0 saturated carbocycles. The molecule has 98 valence electrons. The van der Waals surface area contributed by atoms with E-state index in [1.165, 1.54) is 12.1 Å². The number of non-ortho nitro benzene ring substituents is 1. The molecule has 0 bridgehead atoms. The van der Waals surface area contributed by atoms with Crippen molar-refractivity contribution in [3.05, 3.63) is 39.9 Å². The number of hydrogen-bond donors (Lipinski definition) is 0. The van der Waals surface area contributed by atoms with Crippen molar-refractivity contribution in [1.29, 1.82) is 0 Å². The highest BCUT2D eigenvalue weighted by atomic mass is 35.5. The van der Waals surface area contributed by atoms with Gasteiger partial charge in [0, 0.05) is 23.9 Å².